The predicted molar refractivity (Wildman–Crippen MR) is 104 cm³/mol. The van der Waals surface area contributed by atoms with Gasteiger partial charge in [-0.3, -0.25) is 4.79 Å². The van der Waals surface area contributed by atoms with Crippen molar-refractivity contribution in [1.82, 2.24) is 5.43 Å². The molecule has 1 amide bonds. The number of nitrogens with one attached hydrogen (secondary N) is 2. The van der Waals surface area contributed by atoms with E-state index in [-0.39, 0.29) is 12.5 Å². The van der Waals surface area contributed by atoms with Gasteiger partial charge in [-0.25, -0.2) is 5.43 Å². The lowest BCUT2D eigenvalue weighted by Gasteiger charge is -2.08. The van der Waals surface area contributed by atoms with Crippen molar-refractivity contribution in [2.45, 2.75) is 6.92 Å². The van der Waals surface area contributed by atoms with Gasteiger partial charge >= 0.3 is 0 Å². The topological polar surface area (TPSA) is 62.7 Å². The monoisotopic (exact) mass is 453 g/mol. The highest BCUT2D eigenvalue weighted by atomic mass is 79.9. The van der Waals surface area contributed by atoms with Crippen molar-refractivity contribution in [1.29, 1.82) is 0 Å². The maximum Gasteiger partial charge on any atom is 0.259 e. The molecule has 7 heteroatoms. The molecule has 0 spiro atoms. The molecule has 5 nitrogen and oxygen atoms in total. The van der Waals surface area contributed by atoms with Gasteiger partial charge in [0.2, 0.25) is 0 Å². The van der Waals surface area contributed by atoms with Crippen LogP contribution in [0.15, 0.2) is 50.4 Å². The van der Waals surface area contributed by atoms with E-state index in [1.807, 2.05) is 43.3 Å². The third kappa shape index (κ3) is 5.35. The first-order valence-electron chi connectivity index (χ1n) is 7.15. The molecule has 2 aromatic carbocycles. The molecule has 0 fully saturated rings. The molecule has 0 unspecified atom stereocenters. The van der Waals surface area contributed by atoms with Gasteiger partial charge in [0.15, 0.2) is 0 Å². The van der Waals surface area contributed by atoms with Crippen molar-refractivity contribution in [2.75, 3.05) is 19.0 Å². The minimum Gasteiger partial charge on any atom is -0.495 e. The average molecular weight is 455 g/mol. The predicted octanol–water partition coefficient (Wildman–Crippen LogP) is 4.09. The van der Waals surface area contributed by atoms with E-state index in [1.54, 1.807) is 13.3 Å². The molecule has 2 rings (SSSR count). The summed E-state index contributed by atoms with van der Waals surface area (Å²) in [5.41, 5.74) is 5.25. The van der Waals surface area contributed by atoms with Crippen molar-refractivity contribution in [2.24, 2.45) is 5.10 Å². The summed E-state index contributed by atoms with van der Waals surface area (Å²) in [4.78, 5) is 11.8. The first-order chi connectivity index (χ1) is 11.5. The number of amides is 1. The Morgan fingerprint density at radius 2 is 2.08 bits per heavy atom. The van der Waals surface area contributed by atoms with E-state index in [1.165, 1.54) is 0 Å². The van der Waals surface area contributed by atoms with Crippen molar-refractivity contribution in [3.05, 3.63) is 56.5 Å². The van der Waals surface area contributed by atoms with Crippen LogP contribution in [0.25, 0.3) is 0 Å². The molecular weight excluding hydrogens is 438 g/mol. The molecule has 2 aromatic rings. The fraction of sp³-hybridized carbons (Fsp3) is 0.176. The fourth-order valence-corrected chi connectivity index (χ4v) is 3.46. The van der Waals surface area contributed by atoms with E-state index in [9.17, 15) is 4.79 Å². The van der Waals surface area contributed by atoms with E-state index in [0.717, 1.165) is 25.8 Å². The van der Waals surface area contributed by atoms with Crippen LogP contribution in [0.5, 0.6) is 5.75 Å². The van der Waals surface area contributed by atoms with Gasteiger partial charge in [0.05, 0.1) is 24.3 Å². The number of anilines is 1. The van der Waals surface area contributed by atoms with Crippen LogP contribution in [0.2, 0.25) is 0 Å². The zero-order valence-electron chi connectivity index (χ0n) is 13.3. The molecular formula is C17H17Br2N3O2. The zero-order valence-corrected chi connectivity index (χ0v) is 16.4. The smallest absolute Gasteiger partial charge is 0.259 e. The van der Waals surface area contributed by atoms with Crippen molar-refractivity contribution < 1.29 is 9.53 Å². The van der Waals surface area contributed by atoms with Crippen molar-refractivity contribution >= 4 is 49.7 Å². The number of hydrazone groups is 1. The Labute approximate surface area is 157 Å². The van der Waals surface area contributed by atoms with Crippen LogP contribution < -0.4 is 15.5 Å². The van der Waals surface area contributed by atoms with Gasteiger partial charge in [-0.1, -0.05) is 28.1 Å². The van der Waals surface area contributed by atoms with Crippen LogP contribution in [0.1, 0.15) is 11.1 Å². The number of hydrogen-bond donors (Lipinski definition) is 2. The minimum absolute atomic E-state index is 0.139. The Hall–Kier alpha value is -1.86. The number of ether oxygens (including phenoxy) is 1. The summed E-state index contributed by atoms with van der Waals surface area (Å²) in [7, 11) is 1.58. The Kier molecular flexibility index (Phi) is 6.81. The van der Waals surface area contributed by atoms with E-state index < -0.39 is 0 Å². The molecule has 24 heavy (non-hydrogen) atoms. The molecule has 0 radical (unpaired) electrons. The second-order valence-corrected chi connectivity index (χ2v) is 6.80. The van der Waals surface area contributed by atoms with Gasteiger partial charge in [0.25, 0.3) is 5.91 Å². The first kappa shape index (κ1) is 18.5. The SMILES string of the molecule is COc1c(Br)cc(Br)cc1C=NNC(=O)CNc1cccc(C)c1. The normalized spacial score (nSPS) is 10.7. The largest absolute Gasteiger partial charge is 0.495 e. The molecule has 0 heterocycles. The van der Waals surface area contributed by atoms with E-state index in [4.69, 9.17) is 4.74 Å². The van der Waals surface area contributed by atoms with Crippen LogP contribution >= 0.6 is 31.9 Å². The molecule has 126 valence electrons. The van der Waals surface area contributed by atoms with Crippen molar-refractivity contribution in [3.8, 4) is 5.75 Å². The number of methoxy groups -OCH3 is 1. The quantitative estimate of drug-likeness (QED) is 0.510. The second kappa shape index (κ2) is 8.84. The fourth-order valence-electron chi connectivity index (χ4n) is 2.04. The Bertz CT molecular complexity index is 763. The lowest BCUT2D eigenvalue weighted by atomic mass is 10.2. The third-order valence-electron chi connectivity index (χ3n) is 3.11. The molecule has 0 saturated carbocycles. The number of aryl methyl sites for hydroxylation is 1. The van der Waals surface area contributed by atoms with Gasteiger partial charge in [0, 0.05) is 15.7 Å². The Balaban J connectivity index is 1.93. The average Bonchev–Trinajstić information content (AvgIpc) is 2.53. The van der Waals surface area contributed by atoms with Gasteiger partial charge in [0.1, 0.15) is 5.75 Å². The number of halogens is 2. The summed E-state index contributed by atoms with van der Waals surface area (Å²) in [5, 5.41) is 7.03. The first-order valence-corrected chi connectivity index (χ1v) is 8.73. The number of rotatable bonds is 6. The lowest BCUT2D eigenvalue weighted by Crippen LogP contribution is -2.25. The summed E-state index contributed by atoms with van der Waals surface area (Å²) >= 11 is 6.83. The maximum absolute atomic E-state index is 11.8. The highest BCUT2D eigenvalue weighted by Crippen LogP contribution is 2.31. The third-order valence-corrected chi connectivity index (χ3v) is 4.15. The standard InChI is InChI=1S/C17H17Br2N3O2/c1-11-4-3-5-14(6-11)20-10-16(23)22-21-9-12-7-13(18)8-15(19)17(12)24-2/h3-9,20H,10H2,1-2H3,(H,22,23). The van der Waals surface area contributed by atoms with E-state index in [0.29, 0.717) is 5.75 Å². The van der Waals surface area contributed by atoms with Crippen LogP contribution in [0.4, 0.5) is 5.69 Å². The Morgan fingerprint density at radius 1 is 1.29 bits per heavy atom. The summed E-state index contributed by atoms with van der Waals surface area (Å²) in [6.07, 6.45) is 1.54. The number of hydrogen-bond acceptors (Lipinski definition) is 4. The molecule has 0 aromatic heterocycles. The molecule has 0 bridgehead atoms. The van der Waals surface area contributed by atoms with Gasteiger partial charge in [-0.2, -0.15) is 5.10 Å². The van der Waals surface area contributed by atoms with Crippen molar-refractivity contribution in [3.63, 3.8) is 0 Å². The van der Waals surface area contributed by atoms with Crippen LogP contribution in [-0.2, 0) is 4.79 Å². The summed E-state index contributed by atoms with van der Waals surface area (Å²) < 4.78 is 7.00. The van der Waals surface area contributed by atoms with E-state index in [2.05, 4.69) is 47.7 Å². The summed E-state index contributed by atoms with van der Waals surface area (Å²) in [5.74, 6) is 0.412. The summed E-state index contributed by atoms with van der Waals surface area (Å²) in [6, 6.07) is 11.5. The number of benzene rings is 2. The molecule has 0 saturated heterocycles. The van der Waals surface area contributed by atoms with E-state index >= 15 is 0 Å². The Morgan fingerprint density at radius 3 is 2.79 bits per heavy atom. The minimum atomic E-state index is -0.235. The maximum atomic E-state index is 11.8. The molecule has 0 aliphatic carbocycles. The lowest BCUT2D eigenvalue weighted by molar-refractivity contribution is -0.119. The zero-order chi connectivity index (χ0) is 17.5. The molecule has 0 atom stereocenters. The van der Waals surface area contributed by atoms with Crippen LogP contribution in [0.3, 0.4) is 0 Å². The van der Waals surface area contributed by atoms with Crippen LogP contribution in [-0.4, -0.2) is 25.8 Å². The molecule has 0 aliphatic heterocycles. The van der Waals surface area contributed by atoms with Gasteiger partial charge in [-0.15, -0.1) is 0 Å². The van der Waals surface area contributed by atoms with Crippen LogP contribution in [0, 0.1) is 6.92 Å². The number of carbonyl (C=O) groups is 1. The molecule has 2 N–H and O–H groups in total. The molecule has 0 aliphatic rings. The number of carbonyl (C=O) groups excluding carboxylic acids is 1. The second-order valence-electron chi connectivity index (χ2n) is 5.03. The number of nitrogens with zero attached hydrogens (tertiary/aromatic N) is 1. The van der Waals surface area contributed by atoms with Gasteiger partial charge < -0.3 is 10.1 Å². The summed E-state index contributed by atoms with van der Waals surface area (Å²) in [6.45, 7) is 2.14. The highest BCUT2D eigenvalue weighted by Gasteiger charge is 2.07. The highest BCUT2D eigenvalue weighted by molar-refractivity contribution is 9.11. The van der Waals surface area contributed by atoms with Gasteiger partial charge in [-0.05, 0) is 52.7 Å².